The van der Waals surface area contributed by atoms with Crippen molar-refractivity contribution in [1.82, 2.24) is 10.3 Å². The SMILES string of the molecule is C=CCN(CCOC)c1cc(C)ncc1CNCC. The lowest BCUT2D eigenvalue weighted by atomic mass is 10.1. The van der Waals surface area contributed by atoms with E-state index in [0.717, 1.165) is 31.9 Å². The zero-order chi connectivity index (χ0) is 14.1. The Hall–Kier alpha value is -1.39. The quantitative estimate of drug-likeness (QED) is 0.693. The molecule has 0 amide bonds. The molecule has 0 bridgehead atoms. The van der Waals surface area contributed by atoms with E-state index in [-0.39, 0.29) is 0 Å². The smallest absolute Gasteiger partial charge is 0.0637 e. The summed E-state index contributed by atoms with van der Waals surface area (Å²) in [6.45, 7) is 12.1. The third-order valence-electron chi connectivity index (χ3n) is 2.92. The van der Waals surface area contributed by atoms with E-state index in [1.807, 2.05) is 19.2 Å². The molecule has 1 aromatic rings. The molecule has 0 aromatic carbocycles. The van der Waals surface area contributed by atoms with Gasteiger partial charge in [0, 0.05) is 49.9 Å². The first-order valence-electron chi connectivity index (χ1n) is 6.74. The molecule has 1 heterocycles. The summed E-state index contributed by atoms with van der Waals surface area (Å²) in [7, 11) is 1.73. The normalized spacial score (nSPS) is 10.5. The lowest BCUT2D eigenvalue weighted by Gasteiger charge is -2.26. The number of ether oxygens (including phenoxy) is 1. The van der Waals surface area contributed by atoms with Crippen molar-refractivity contribution in [2.75, 3.05) is 38.3 Å². The standard InChI is InChI=1S/C15H25N3O/c1-5-7-18(8-9-19-4)15-10-13(3)17-12-14(15)11-16-6-2/h5,10,12,16H,1,6-9,11H2,2-4H3. The van der Waals surface area contributed by atoms with Crippen molar-refractivity contribution in [2.45, 2.75) is 20.4 Å². The molecule has 1 aromatic heterocycles. The number of nitrogens with zero attached hydrogens (tertiary/aromatic N) is 2. The highest BCUT2D eigenvalue weighted by atomic mass is 16.5. The predicted molar refractivity (Wildman–Crippen MR) is 80.6 cm³/mol. The number of methoxy groups -OCH3 is 1. The Balaban J connectivity index is 2.96. The fraction of sp³-hybridized carbons (Fsp3) is 0.533. The largest absolute Gasteiger partial charge is 0.383 e. The van der Waals surface area contributed by atoms with Gasteiger partial charge in [0.15, 0.2) is 0 Å². The zero-order valence-electron chi connectivity index (χ0n) is 12.3. The van der Waals surface area contributed by atoms with E-state index >= 15 is 0 Å². The first-order chi connectivity index (χ1) is 9.22. The van der Waals surface area contributed by atoms with Gasteiger partial charge in [-0.1, -0.05) is 13.0 Å². The van der Waals surface area contributed by atoms with Crippen LogP contribution >= 0.6 is 0 Å². The number of nitrogens with one attached hydrogen (secondary N) is 1. The summed E-state index contributed by atoms with van der Waals surface area (Å²) >= 11 is 0. The van der Waals surface area contributed by atoms with E-state index in [1.165, 1.54) is 11.3 Å². The average molecular weight is 263 g/mol. The molecule has 4 nitrogen and oxygen atoms in total. The second kappa shape index (κ2) is 8.67. The summed E-state index contributed by atoms with van der Waals surface area (Å²) < 4.78 is 5.18. The van der Waals surface area contributed by atoms with Crippen molar-refractivity contribution < 1.29 is 4.74 Å². The van der Waals surface area contributed by atoms with Gasteiger partial charge < -0.3 is 15.0 Å². The molecule has 0 aliphatic rings. The predicted octanol–water partition coefficient (Wildman–Crippen LogP) is 2.14. The molecule has 0 radical (unpaired) electrons. The highest BCUT2D eigenvalue weighted by Gasteiger charge is 2.11. The summed E-state index contributed by atoms with van der Waals surface area (Å²) in [6.07, 6.45) is 3.87. The van der Waals surface area contributed by atoms with Crippen LogP contribution < -0.4 is 10.2 Å². The van der Waals surface area contributed by atoms with Gasteiger partial charge in [0.1, 0.15) is 0 Å². The number of aryl methyl sites for hydroxylation is 1. The van der Waals surface area contributed by atoms with Crippen molar-refractivity contribution in [1.29, 1.82) is 0 Å². The van der Waals surface area contributed by atoms with Crippen molar-refractivity contribution in [3.8, 4) is 0 Å². The lowest BCUT2D eigenvalue weighted by Crippen LogP contribution is -2.29. The van der Waals surface area contributed by atoms with E-state index in [4.69, 9.17) is 4.74 Å². The van der Waals surface area contributed by atoms with Gasteiger partial charge in [-0.25, -0.2) is 0 Å². The second-order valence-corrected chi connectivity index (χ2v) is 4.46. The van der Waals surface area contributed by atoms with Gasteiger partial charge in [0.25, 0.3) is 0 Å². The monoisotopic (exact) mass is 263 g/mol. The summed E-state index contributed by atoms with van der Waals surface area (Å²) in [5.74, 6) is 0. The summed E-state index contributed by atoms with van der Waals surface area (Å²) in [6, 6.07) is 2.13. The Kier molecular flexibility index (Phi) is 7.15. The molecular formula is C15H25N3O. The molecule has 0 saturated heterocycles. The van der Waals surface area contributed by atoms with Crippen LogP contribution in [0.2, 0.25) is 0 Å². The number of aromatic nitrogens is 1. The van der Waals surface area contributed by atoms with E-state index in [2.05, 4.69) is 34.8 Å². The van der Waals surface area contributed by atoms with Crippen LogP contribution in [-0.2, 0) is 11.3 Å². The van der Waals surface area contributed by atoms with Crippen LogP contribution in [0.4, 0.5) is 5.69 Å². The average Bonchev–Trinajstić information content (AvgIpc) is 2.42. The minimum absolute atomic E-state index is 0.704. The van der Waals surface area contributed by atoms with Gasteiger partial charge in [-0.2, -0.15) is 0 Å². The van der Waals surface area contributed by atoms with Crippen LogP contribution in [-0.4, -0.2) is 38.3 Å². The van der Waals surface area contributed by atoms with Crippen molar-refractivity contribution in [3.63, 3.8) is 0 Å². The fourth-order valence-corrected chi connectivity index (χ4v) is 1.93. The van der Waals surface area contributed by atoms with E-state index in [0.29, 0.717) is 6.61 Å². The van der Waals surface area contributed by atoms with Crippen LogP contribution in [0.3, 0.4) is 0 Å². The maximum absolute atomic E-state index is 5.18. The first-order valence-corrected chi connectivity index (χ1v) is 6.74. The molecule has 1 N–H and O–H groups in total. The summed E-state index contributed by atoms with van der Waals surface area (Å²) in [5, 5.41) is 3.35. The van der Waals surface area contributed by atoms with E-state index in [9.17, 15) is 0 Å². The van der Waals surface area contributed by atoms with Gasteiger partial charge in [0.2, 0.25) is 0 Å². The van der Waals surface area contributed by atoms with Gasteiger partial charge in [0.05, 0.1) is 6.61 Å². The maximum atomic E-state index is 5.18. The molecule has 4 heteroatoms. The van der Waals surface area contributed by atoms with E-state index in [1.54, 1.807) is 7.11 Å². The van der Waals surface area contributed by atoms with Crippen LogP contribution in [0.5, 0.6) is 0 Å². The number of hydrogen-bond acceptors (Lipinski definition) is 4. The van der Waals surface area contributed by atoms with Crippen molar-refractivity contribution in [3.05, 3.63) is 36.2 Å². The Morgan fingerprint density at radius 1 is 1.53 bits per heavy atom. The number of anilines is 1. The minimum atomic E-state index is 0.704. The van der Waals surface area contributed by atoms with Crippen molar-refractivity contribution >= 4 is 5.69 Å². The van der Waals surface area contributed by atoms with Crippen LogP contribution in [0, 0.1) is 6.92 Å². The van der Waals surface area contributed by atoms with Crippen LogP contribution in [0.25, 0.3) is 0 Å². The number of rotatable bonds is 9. The fourth-order valence-electron chi connectivity index (χ4n) is 1.93. The first kappa shape index (κ1) is 15.7. The number of pyridine rings is 1. The molecule has 0 spiro atoms. The molecule has 0 atom stereocenters. The molecule has 0 unspecified atom stereocenters. The highest BCUT2D eigenvalue weighted by Crippen LogP contribution is 2.21. The van der Waals surface area contributed by atoms with Crippen molar-refractivity contribution in [2.24, 2.45) is 0 Å². The van der Waals surface area contributed by atoms with E-state index < -0.39 is 0 Å². The van der Waals surface area contributed by atoms with Gasteiger partial charge in [-0.15, -0.1) is 6.58 Å². The molecule has 1 rings (SSSR count). The topological polar surface area (TPSA) is 37.4 Å². The summed E-state index contributed by atoms with van der Waals surface area (Å²) in [5.41, 5.74) is 3.46. The number of hydrogen-bond donors (Lipinski definition) is 1. The lowest BCUT2D eigenvalue weighted by molar-refractivity contribution is 0.205. The van der Waals surface area contributed by atoms with Gasteiger partial charge in [-0.05, 0) is 19.5 Å². The Labute approximate surface area is 116 Å². The molecule has 0 saturated carbocycles. The van der Waals surface area contributed by atoms with Gasteiger partial charge >= 0.3 is 0 Å². The third kappa shape index (κ3) is 5.01. The molecule has 19 heavy (non-hydrogen) atoms. The molecule has 0 aliphatic carbocycles. The Morgan fingerprint density at radius 2 is 2.32 bits per heavy atom. The Morgan fingerprint density at radius 3 is 2.95 bits per heavy atom. The summed E-state index contributed by atoms with van der Waals surface area (Å²) in [4.78, 5) is 6.67. The molecule has 0 fully saturated rings. The molecule has 0 aliphatic heterocycles. The minimum Gasteiger partial charge on any atom is -0.383 e. The maximum Gasteiger partial charge on any atom is 0.0637 e. The van der Waals surface area contributed by atoms with Gasteiger partial charge in [-0.3, -0.25) is 4.98 Å². The highest BCUT2D eigenvalue weighted by molar-refractivity contribution is 5.54. The zero-order valence-corrected chi connectivity index (χ0v) is 12.3. The molecule has 106 valence electrons. The third-order valence-corrected chi connectivity index (χ3v) is 2.92. The second-order valence-electron chi connectivity index (χ2n) is 4.46. The van der Waals surface area contributed by atoms with Crippen LogP contribution in [0.1, 0.15) is 18.2 Å². The molecular weight excluding hydrogens is 238 g/mol. The van der Waals surface area contributed by atoms with Crippen LogP contribution in [0.15, 0.2) is 24.9 Å². The Bertz CT molecular complexity index is 393.